The zero-order valence-corrected chi connectivity index (χ0v) is 19.1. The van der Waals surface area contributed by atoms with Gasteiger partial charge in [-0.1, -0.05) is 23.7 Å². The Morgan fingerprint density at radius 1 is 0.970 bits per heavy atom. The van der Waals surface area contributed by atoms with E-state index < -0.39 is 22.0 Å². The van der Waals surface area contributed by atoms with Crippen molar-refractivity contribution < 1.29 is 22.7 Å². The summed E-state index contributed by atoms with van der Waals surface area (Å²) in [5.74, 6) is -0.165. The van der Waals surface area contributed by atoms with E-state index in [9.17, 15) is 18.0 Å². The lowest BCUT2D eigenvalue weighted by molar-refractivity contribution is -0.121. The zero-order valence-electron chi connectivity index (χ0n) is 17.5. The molecule has 1 aliphatic heterocycles. The van der Waals surface area contributed by atoms with Gasteiger partial charge in [0.05, 0.1) is 29.8 Å². The molecule has 1 atom stereocenters. The summed E-state index contributed by atoms with van der Waals surface area (Å²) < 4.78 is 33.1. The lowest BCUT2D eigenvalue weighted by atomic mass is 10.2. The van der Waals surface area contributed by atoms with E-state index in [0.29, 0.717) is 27.8 Å². The van der Waals surface area contributed by atoms with Crippen molar-refractivity contribution >= 4 is 50.5 Å². The van der Waals surface area contributed by atoms with Crippen LogP contribution in [-0.2, 0) is 19.6 Å². The van der Waals surface area contributed by atoms with E-state index in [1.54, 1.807) is 54.6 Å². The fourth-order valence-corrected chi connectivity index (χ4v) is 4.75. The van der Waals surface area contributed by atoms with Gasteiger partial charge in [0.2, 0.25) is 5.91 Å². The minimum atomic E-state index is -3.89. The molecule has 8 nitrogen and oxygen atoms in total. The Bertz CT molecular complexity index is 1310. The molecule has 1 fully saturated rings. The number of imide groups is 1. The van der Waals surface area contributed by atoms with E-state index in [4.69, 9.17) is 16.3 Å². The molecule has 0 bridgehead atoms. The third-order valence-corrected chi connectivity index (χ3v) is 6.65. The van der Waals surface area contributed by atoms with Crippen molar-refractivity contribution in [3.8, 4) is 5.75 Å². The number of carbonyl (C=O) groups excluding carboxylic acids is 2. The maximum Gasteiger partial charge on any atom is 0.261 e. The highest BCUT2D eigenvalue weighted by molar-refractivity contribution is 7.92. The second-order valence-corrected chi connectivity index (χ2v) is 9.43. The van der Waals surface area contributed by atoms with Crippen LogP contribution in [0.2, 0.25) is 5.02 Å². The van der Waals surface area contributed by atoms with E-state index in [1.807, 2.05) is 0 Å². The third-order valence-electron chi connectivity index (χ3n) is 5.04. The first-order chi connectivity index (χ1) is 15.8. The first-order valence-electron chi connectivity index (χ1n) is 9.93. The van der Waals surface area contributed by atoms with Gasteiger partial charge in [-0.2, -0.15) is 0 Å². The summed E-state index contributed by atoms with van der Waals surface area (Å²) in [6.45, 7) is 0. The summed E-state index contributed by atoms with van der Waals surface area (Å²) in [7, 11) is -2.37. The quantitative estimate of drug-likeness (QED) is 0.492. The number of benzene rings is 3. The summed E-state index contributed by atoms with van der Waals surface area (Å²) in [5.41, 5.74) is 1.16. The highest BCUT2D eigenvalue weighted by Gasteiger charge is 2.39. The normalized spacial score (nSPS) is 16.1. The van der Waals surface area contributed by atoms with Gasteiger partial charge in [-0.25, -0.2) is 13.3 Å². The molecule has 0 spiro atoms. The first kappa shape index (κ1) is 22.6. The number of halogens is 1. The first-order valence-corrected chi connectivity index (χ1v) is 11.8. The summed E-state index contributed by atoms with van der Waals surface area (Å²) in [4.78, 5) is 26.5. The lowest BCUT2D eigenvalue weighted by Gasteiger charge is -2.17. The molecule has 2 amide bonds. The number of methoxy groups -OCH3 is 1. The van der Waals surface area contributed by atoms with Crippen molar-refractivity contribution in [1.29, 1.82) is 0 Å². The molecule has 0 aromatic heterocycles. The molecule has 1 unspecified atom stereocenters. The molecule has 1 saturated heterocycles. The van der Waals surface area contributed by atoms with Gasteiger partial charge in [-0.05, 0) is 60.7 Å². The number of amides is 2. The topological polar surface area (TPSA) is 105 Å². The molecule has 0 saturated carbocycles. The Balaban J connectivity index is 1.51. The molecule has 10 heteroatoms. The summed E-state index contributed by atoms with van der Waals surface area (Å²) in [5, 5.41) is 3.38. The minimum Gasteiger partial charge on any atom is -0.497 e. The molecule has 4 rings (SSSR count). The molecular formula is C23H20ClN3O5S. The molecule has 1 aliphatic rings. The molecule has 3 aromatic rings. The van der Waals surface area contributed by atoms with Gasteiger partial charge >= 0.3 is 0 Å². The lowest BCUT2D eigenvalue weighted by Crippen LogP contribution is -2.34. The minimum absolute atomic E-state index is 0.00346. The Morgan fingerprint density at radius 3 is 2.36 bits per heavy atom. The van der Waals surface area contributed by atoms with Crippen LogP contribution in [0.5, 0.6) is 5.75 Å². The number of nitrogens with zero attached hydrogens (tertiary/aromatic N) is 1. The van der Waals surface area contributed by atoms with E-state index >= 15 is 0 Å². The van der Waals surface area contributed by atoms with Crippen LogP contribution in [0.3, 0.4) is 0 Å². The van der Waals surface area contributed by atoms with E-state index in [0.717, 1.165) is 4.90 Å². The number of anilines is 3. The van der Waals surface area contributed by atoms with Crippen molar-refractivity contribution in [2.45, 2.75) is 17.4 Å². The maximum atomic E-state index is 12.9. The van der Waals surface area contributed by atoms with Crippen LogP contribution in [0, 0.1) is 0 Å². The number of hydrogen-bond donors (Lipinski definition) is 2. The molecular weight excluding hydrogens is 466 g/mol. The Labute approximate surface area is 196 Å². The van der Waals surface area contributed by atoms with E-state index in [-0.39, 0.29) is 17.2 Å². The Morgan fingerprint density at radius 2 is 1.67 bits per heavy atom. The summed E-state index contributed by atoms with van der Waals surface area (Å²) >= 11 is 5.92. The van der Waals surface area contributed by atoms with Gasteiger partial charge in [0, 0.05) is 10.7 Å². The van der Waals surface area contributed by atoms with Gasteiger partial charge in [-0.15, -0.1) is 0 Å². The number of rotatable bonds is 7. The van der Waals surface area contributed by atoms with Crippen molar-refractivity contribution in [3.05, 3.63) is 77.8 Å². The molecule has 0 aliphatic carbocycles. The van der Waals surface area contributed by atoms with Gasteiger partial charge in [-0.3, -0.25) is 14.3 Å². The highest BCUT2D eigenvalue weighted by Crippen LogP contribution is 2.28. The van der Waals surface area contributed by atoms with Crippen LogP contribution in [0.25, 0.3) is 0 Å². The summed E-state index contributed by atoms with van der Waals surface area (Å²) in [6.07, 6.45) is -0.0530. The monoisotopic (exact) mass is 485 g/mol. The van der Waals surface area contributed by atoms with Crippen LogP contribution in [0.15, 0.2) is 77.7 Å². The predicted molar refractivity (Wildman–Crippen MR) is 126 cm³/mol. The predicted octanol–water partition coefficient (Wildman–Crippen LogP) is 3.89. The average molecular weight is 486 g/mol. The van der Waals surface area contributed by atoms with Crippen molar-refractivity contribution in [2.75, 3.05) is 22.0 Å². The molecule has 3 aromatic carbocycles. The fourth-order valence-electron chi connectivity index (χ4n) is 3.47. The smallest absolute Gasteiger partial charge is 0.261 e. The zero-order chi connectivity index (χ0) is 23.6. The van der Waals surface area contributed by atoms with Crippen LogP contribution in [0.4, 0.5) is 17.1 Å². The third kappa shape index (κ3) is 4.94. The number of sulfonamides is 1. The molecule has 2 N–H and O–H groups in total. The standard InChI is InChI=1S/C23H20ClN3O5S/c1-32-19-10-8-18(9-11-19)27-22(28)14-21(23(27)29)25-16-5-3-7-20(13-16)33(30,31)26-17-6-2-4-15(24)12-17/h2-13,21,25-26H,14H2,1H3. The highest BCUT2D eigenvalue weighted by atomic mass is 35.5. The van der Waals surface area contributed by atoms with Crippen LogP contribution < -0.4 is 19.7 Å². The van der Waals surface area contributed by atoms with Crippen molar-refractivity contribution in [1.82, 2.24) is 0 Å². The molecule has 0 radical (unpaired) electrons. The molecule has 33 heavy (non-hydrogen) atoms. The number of ether oxygens (including phenoxy) is 1. The number of carbonyl (C=O) groups is 2. The second-order valence-electron chi connectivity index (χ2n) is 7.31. The Kier molecular flexibility index (Phi) is 6.26. The second kappa shape index (κ2) is 9.13. The van der Waals surface area contributed by atoms with Crippen LogP contribution >= 0.6 is 11.6 Å². The molecule has 1 heterocycles. The van der Waals surface area contributed by atoms with E-state index in [2.05, 4.69) is 10.0 Å². The van der Waals surface area contributed by atoms with Gasteiger partial charge in [0.15, 0.2) is 0 Å². The molecule has 170 valence electrons. The average Bonchev–Trinajstić information content (AvgIpc) is 3.06. The SMILES string of the molecule is COc1ccc(N2C(=O)CC(Nc3cccc(S(=O)(=O)Nc4cccc(Cl)c4)c3)C2=O)cc1. The number of nitrogens with one attached hydrogen (secondary N) is 2. The van der Waals surface area contributed by atoms with Crippen molar-refractivity contribution in [3.63, 3.8) is 0 Å². The van der Waals surface area contributed by atoms with Crippen molar-refractivity contribution in [2.24, 2.45) is 0 Å². The Hall–Kier alpha value is -3.56. The van der Waals surface area contributed by atoms with Gasteiger partial charge in [0.25, 0.3) is 15.9 Å². The fraction of sp³-hybridized carbons (Fsp3) is 0.130. The van der Waals surface area contributed by atoms with E-state index in [1.165, 1.54) is 25.3 Å². The van der Waals surface area contributed by atoms with Gasteiger partial charge < -0.3 is 10.1 Å². The van der Waals surface area contributed by atoms with Crippen LogP contribution in [-0.4, -0.2) is 33.4 Å². The van der Waals surface area contributed by atoms with Crippen LogP contribution in [0.1, 0.15) is 6.42 Å². The number of hydrogen-bond acceptors (Lipinski definition) is 6. The largest absolute Gasteiger partial charge is 0.497 e. The summed E-state index contributed by atoms with van der Waals surface area (Å²) in [6, 6.07) is 18.1. The maximum absolute atomic E-state index is 12.9. The van der Waals surface area contributed by atoms with Gasteiger partial charge in [0.1, 0.15) is 11.8 Å².